The van der Waals surface area contributed by atoms with Crippen molar-refractivity contribution in [2.45, 2.75) is 122 Å². The van der Waals surface area contributed by atoms with Gasteiger partial charge in [-0.05, 0) is 13.0 Å². The standard InChI is InChI=1S/C31H57N2Si/c1-33(2,30-31-24-20-19-21-25-31)28-27-32-26-22-17-15-13-11-9-7-5-3-4-6-8-10-12-14-16-18-23-29-34/h19-21,24-25,30,32H,3-18,22-23,26-29H2,1-2H3/q+2. The van der Waals surface area contributed by atoms with E-state index in [9.17, 15) is 0 Å². The summed E-state index contributed by atoms with van der Waals surface area (Å²) >= 11 is 0. The summed E-state index contributed by atoms with van der Waals surface area (Å²) in [6.07, 6.45) is 38.9. The van der Waals surface area contributed by atoms with Crippen LogP contribution >= 0.6 is 0 Å². The molecule has 0 aromatic rings. The van der Waals surface area contributed by atoms with Gasteiger partial charge in [-0.3, -0.25) is 4.48 Å². The minimum atomic E-state index is 0.926. The molecule has 0 fully saturated rings. The lowest BCUT2D eigenvalue weighted by atomic mass is 10.0. The summed E-state index contributed by atoms with van der Waals surface area (Å²) in [5, 5.41) is 3.65. The van der Waals surface area contributed by atoms with Crippen molar-refractivity contribution in [2.24, 2.45) is 0 Å². The van der Waals surface area contributed by atoms with Gasteiger partial charge in [-0.2, -0.15) is 0 Å². The van der Waals surface area contributed by atoms with E-state index >= 15 is 0 Å². The highest BCUT2D eigenvalue weighted by Crippen LogP contribution is 2.15. The number of rotatable bonds is 24. The van der Waals surface area contributed by atoms with Crippen LogP contribution in [0.4, 0.5) is 0 Å². The highest BCUT2D eigenvalue weighted by Gasteiger charge is 2.17. The molecule has 0 saturated heterocycles. The first kappa shape index (κ1) is 31.3. The molecule has 34 heavy (non-hydrogen) atoms. The van der Waals surface area contributed by atoms with Crippen LogP contribution in [0.15, 0.2) is 36.1 Å². The van der Waals surface area contributed by atoms with Gasteiger partial charge in [0.15, 0.2) is 6.20 Å². The fourth-order valence-corrected chi connectivity index (χ4v) is 4.95. The third-order valence-electron chi connectivity index (χ3n) is 6.94. The van der Waals surface area contributed by atoms with Gasteiger partial charge in [0.05, 0.1) is 14.1 Å². The van der Waals surface area contributed by atoms with Crippen LogP contribution in [0.2, 0.25) is 6.04 Å². The maximum Gasteiger partial charge on any atom is 0.177 e. The molecule has 0 heterocycles. The molecule has 2 nitrogen and oxygen atoms in total. The lowest BCUT2D eigenvalue weighted by Gasteiger charge is -2.23. The highest BCUT2D eigenvalue weighted by atomic mass is 28.1. The molecule has 1 aliphatic rings. The van der Waals surface area contributed by atoms with Crippen LogP contribution in [0.5, 0.6) is 0 Å². The molecule has 0 aromatic heterocycles. The second-order valence-electron chi connectivity index (χ2n) is 10.9. The summed E-state index contributed by atoms with van der Waals surface area (Å²) in [4.78, 5) is 0. The third kappa shape index (κ3) is 20.6. The molecular weight excluding hydrogens is 428 g/mol. The number of allylic oxidation sites excluding steroid dienone is 5. The summed E-state index contributed by atoms with van der Waals surface area (Å²) in [7, 11) is 8.12. The van der Waals surface area contributed by atoms with E-state index in [0.29, 0.717) is 0 Å². The highest BCUT2D eigenvalue weighted by molar-refractivity contribution is 6.08. The fourth-order valence-electron chi connectivity index (χ4n) is 4.70. The maximum absolute atomic E-state index is 3.65. The van der Waals surface area contributed by atoms with E-state index in [4.69, 9.17) is 0 Å². The van der Waals surface area contributed by atoms with E-state index in [0.717, 1.165) is 17.6 Å². The van der Waals surface area contributed by atoms with E-state index < -0.39 is 0 Å². The van der Waals surface area contributed by atoms with E-state index in [1.165, 1.54) is 134 Å². The predicted octanol–water partition coefficient (Wildman–Crippen LogP) is 8.48. The van der Waals surface area contributed by atoms with Crippen LogP contribution in [0.25, 0.3) is 0 Å². The summed E-state index contributed by atoms with van der Waals surface area (Å²) in [5.41, 5.74) is 1.31. The van der Waals surface area contributed by atoms with Gasteiger partial charge in [-0.15, -0.1) is 0 Å². The van der Waals surface area contributed by atoms with Crippen molar-refractivity contribution in [1.82, 2.24) is 5.32 Å². The fraction of sp³-hybridized carbons (Fsp3) is 0.774. The molecule has 193 valence electrons. The van der Waals surface area contributed by atoms with E-state index in [-0.39, 0.29) is 0 Å². The Labute approximate surface area is 217 Å². The van der Waals surface area contributed by atoms with Gasteiger partial charge in [-0.1, -0.05) is 115 Å². The number of hydrogen-bond acceptors (Lipinski definition) is 1. The Morgan fingerprint density at radius 3 is 1.59 bits per heavy atom. The molecule has 0 aliphatic heterocycles. The Bertz CT molecular complexity index is 536. The minimum absolute atomic E-state index is 0.926. The molecule has 0 aromatic carbocycles. The Balaban J connectivity index is 1.75. The van der Waals surface area contributed by atoms with E-state index in [1.807, 2.05) is 0 Å². The molecule has 3 heteroatoms. The Morgan fingerprint density at radius 2 is 1.15 bits per heavy atom. The Hall–Kier alpha value is -0.773. The molecule has 0 saturated carbocycles. The number of likely N-dealkylation sites (N-methyl/N-ethyl adjacent to an activating group) is 1. The van der Waals surface area contributed by atoms with Crippen molar-refractivity contribution >= 4 is 10.2 Å². The van der Waals surface area contributed by atoms with Gasteiger partial charge in [0.1, 0.15) is 12.1 Å². The monoisotopic (exact) mass is 485 g/mol. The van der Waals surface area contributed by atoms with Crippen molar-refractivity contribution in [3.05, 3.63) is 42.5 Å². The SMILES string of the molecule is C[N+](C)(C=C1C=CC=C[CH+]1)CCNCCCCCCCCCCCCCCCCCCCC[Si]. The maximum atomic E-state index is 3.65. The molecule has 3 radical (unpaired) electrons. The quantitative estimate of drug-likeness (QED) is 0.0625. The summed E-state index contributed by atoms with van der Waals surface area (Å²) in [6, 6.07) is 1.17. The summed E-state index contributed by atoms with van der Waals surface area (Å²) in [6.45, 7) is 3.39. The Kier molecular flexibility index (Phi) is 20.8. The lowest BCUT2D eigenvalue weighted by molar-refractivity contribution is -0.837. The molecule has 1 rings (SSSR count). The average molecular weight is 486 g/mol. The van der Waals surface area contributed by atoms with E-state index in [2.05, 4.69) is 66.6 Å². The zero-order chi connectivity index (χ0) is 24.6. The minimum Gasteiger partial charge on any atom is -0.311 e. The van der Waals surface area contributed by atoms with Gasteiger partial charge in [0.25, 0.3) is 0 Å². The number of nitrogens with one attached hydrogen (secondary N) is 1. The third-order valence-corrected chi connectivity index (χ3v) is 7.30. The molecule has 0 atom stereocenters. The van der Waals surface area contributed by atoms with Crippen molar-refractivity contribution < 1.29 is 4.48 Å². The van der Waals surface area contributed by atoms with Gasteiger partial charge in [0, 0.05) is 47.5 Å². The van der Waals surface area contributed by atoms with Gasteiger partial charge >= 0.3 is 0 Å². The van der Waals surface area contributed by atoms with Gasteiger partial charge in [-0.25, -0.2) is 0 Å². The van der Waals surface area contributed by atoms with Crippen molar-refractivity contribution in [3.8, 4) is 0 Å². The van der Waals surface area contributed by atoms with Gasteiger partial charge < -0.3 is 5.32 Å². The molecule has 0 bridgehead atoms. The zero-order valence-electron chi connectivity index (χ0n) is 23.0. The molecule has 0 amide bonds. The molecule has 1 aliphatic carbocycles. The second kappa shape index (κ2) is 22.7. The van der Waals surface area contributed by atoms with Crippen LogP contribution in [0.1, 0.15) is 116 Å². The summed E-state index contributed by atoms with van der Waals surface area (Å²) < 4.78 is 0.926. The Morgan fingerprint density at radius 1 is 0.676 bits per heavy atom. The number of nitrogens with zero attached hydrogens (tertiary/aromatic N) is 1. The zero-order valence-corrected chi connectivity index (χ0v) is 24.0. The normalized spacial score (nSPS) is 14.7. The van der Waals surface area contributed by atoms with E-state index in [1.54, 1.807) is 0 Å². The molecule has 1 N–H and O–H groups in total. The topological polar surface area (TPSA) is 12.0 Å². The number of hydrogen-bond donors (Lipinski definition) is 1. The van der Waals surface area contributed by atoms with Crippen LogP contribution in [-0.2, 0) is 0 Å². The first-order valence-electron chi connectivity index (χ1n) is 14.7. The first-order valence-corrected chi connectivity index (χ1v) is 15.4. The largest absolute Gasteiger partial charge is 0.311 e. The summed E-state index contributed by atoms with van der Waals surface area (Å²) in [5.74, 6) is 0. The number of quaternary nitrogens is 1. The van der Waals surface area contributed by atoms with Crippen molar-refractivity contribution in [3.63, 3.8) is 0 Å². The molecular formula is C31H57N2Si+2. The second-order valence-corrected chi connectivity index (χ2v) is 11.4. The van der Waals surface area contributed by atoms with Crippen LogP contribution in [-0.4, -0.2) is 48.5 Å². The predicted molar refractivity (Wildman–Crippen MR) is 154 cm³/mol. The first-order chi connectivity index (χ1) is 16.6. The van der Waals surface area contributed by atoms with Crippen LogP contribution in [0, 0.1) is 6.42 Å². The number of unbranched alkanes of at least 4 members (excludes halogenated alkanes) is 17. The van der Waals surface area contributed by atoms with Gasteiger partial charge in [0.2, 0.25) is 0 Å². The van der Waals surface area contributed by atoms with Crippen LogP contribution < -0.4 is 5.32 Å². The lowest BCUT2D eigenvalue weighted by Crippen LogP contribution is -2.40. The molecule has 0 unspecified atom stereocenters. The average Bonchev–Trinajstić information content (AvgIpc) is 2.82. The smallest absolute Gasteiger partial charge is 0.177 e. The van der Waals surface area contributed by atoms with Crippen molar-refractivity contribution in [2.75, 3.05) is 33.7 Å². The molecule has 0 spiro atoms. The van der Waals surface area contributed by atoms with Crippen molar-refractivity contribution in [1.29, 1.82) is 0 Å². The van der Waals surface area contributed by atoms with Crippen LogP contribution in [0.3, 0.4) is 0 Å².